The van der Waals surface area contributed by atoms with Crippen molar-refractivity contribution in [3.8, 4) is 23.0 Å². The summed E-state index contributed by atoms with van der Waals surface area (Å²) in [7, 11) is 5.91. The molecule has 0 saturated carbocycles. The number of methoxy groups -OCH3 is 4. The Morgan fingerprint density at radius 3 is 0.938 bits per heavy atom. The molecule has 0 heterocycles. The fourth-order valence-corrected chi connectivity index (χ4v) is 15.3. The number of carbonyl (C=O) groups is 10. The second-order valence-corrected chi connectivity index (χ2v) is 32.8. The maximum absolute atomic E-state index is 14.4. The molecule has 0 atom stereocenters. The van der Waals surface area contributed by atoms with Crippen LogP contribution >= 0.6 is 0 Å². The van der Waals surface area contributed by atoms with Gasteiger partial charge >= 0.3 is 0 Å². The minimum Gasteiger partial charge on any atom is -0.497 e. The number of anilines is 5. The molecule has 5 N–H and O–H groups in total. The molecule has 0 aliphatic rings. The summed E-state index contributed by atoms with van der Waals surface area (Å²) in [5, 5.41) is 13.2. The zero-order valence-corrected chi connectivity index (χ0v) is 79.7. The van der Waals surface area contributed by atoms with Crippen LogP contribution in [0.15, 0.2) is 364 Å². The summed E-state index contributed by atoms with van der Waals surface area (Å²) in [6.07, 6.45) is 8.45. The van der Waals surface area contributed by atoms with Gasteiger partial charge in [-0.1, -0.05) is 206 Å². The number of benzene rings is 15. The van der Waals surface area contributed by atoms with Crippen molar-refractivity contribution in [2.75, 3.05) is 55.0 Å². The predicted octanol–water partition coefficient (Wildman–Crippen LogP) is 26.6. The van der Waals surface area contributed by atoms with Crippen LogP contribution in [0, 0.1) is 34.9 Å². The van der Waals surface area contributed by atoms with Gasteiger partial charge in [0.2, 0.25) is 0 Å². The van der Waals surface area contributed by atoms with Gasteiger partial charge in [0.05, 0.1) is 79.1 Å². The molecule has 0 spiro atoms. The van der Waals surface area contributed by atoms with E-state index in [4.69, 9.17) is 18.9 Å². The number of nitrogens with one attached hydrogen (secondary N) is 5. The van der Waals surface area contributed by atoms with E-state index in [1.165, 1.54) is 154 Å². The molecule has 144 heavy (non-hydrogen) atoms. The van der Waals surface area contributed by atoms with Crippen molar-refractivity contribution in [3.63, 3.8) is 0 Å². The Kier molecular flexibility index (Phi) is 41.8. The maximum Gasteiger partial charge on any atom is 0.258 e. The lowest BCUT2D eigenvalue weighted by molar-refractivity contribution is 0.0967. The summed E-state index contributed by atoms with van der Waals surface area (Å²) in [6, 6.07) is 101. The summed E-state index contributed by atoms with van der Waals surface area (Å²) in [4.78, 5) is 126. The molecule has 0 bridgehead atoms. The lowest BCUT2D eigenvalue weighted by atomic mass is 10.0. The third-order valence-electron chi connectivity index (χ3n) is 22.8. The molecule has 0 radical (unpaired) electrons. The normalized spacial score (nSPS) is 10.4. The van der Waals surface area contributed by atoms with Crippen LogP contribution in [0.4, 0.5) is 54.8 Å². The van der Waals surface area contributed by atoms with Crippen LogP contribution in [0.25, 0.3) is 0 Å². The molecule has 0 unspecified atom stereocenters. The van der Waals surface area contributed by atoms with Crippen LogP contribution in [-0.4, -0.2) is 86.9 Å². The summed E-state index contributed by atoms with van der Waals surface area (Å²) in [6.45, 7) is 0. The molecule has 5 amide bonds. The number of ether oxygens (including phenoxy) is 4. The first kappa shape index (κ1) is 107. The van der Waals surface area contributed by atoms with Crippen molar-refractivity contribution >= 4 is 86.9 Å². The van der Waals surface area contributed by atoms with E-state index < -0.39 is 70.2 Å². The summed E-state index contributed by atoms with van der Waals surface area (Å²) in [5.74, 6) is -5.60. The second-order valence-electron chi connectivity index (χ2n) is 32.8. The van der Waals surface area contributed by atoms with Crippen LogP contribution in [-0.2, 0) is 32.1 Å². The van der Waals surface area contributed by atoms with E-state index >= 15 is 0 Å². The topological polar surface area (TPSA) is 268 Å². The van der Waals surface area contributed by atoms with E-state index in [1.54, 1.807) is 84.9 Å². The smallest absolute Gasteiger partial charge is 0.258 e. The SMILES string of the molecule is COc1ccc(C(=O)Nc2cccc(F)c2C(=O)CCCc2ccccc2)cc1.COc1ccc(C(=O)Nc2ccccc2C(=O)CCCc2ccccc2)c(F)c1.COc1cccc(C(=O)CCCc2ccccc2)c1NC(=O)c1ccc(F)cc1.COc1cccc(C(=O)CCCc2ccccc2)c1NC(=O)c1cccc(F)c1.O=C(Nc1cccc(F)c1C(=O)CCCc1ccccc1)c1ccccc1F. The number of carbonyl (C=O) groups excluding carboxylic acids is 10. The Morgan fingerprint density at radius 2 is 0.535 bits per heavy atom. The van der Waals surface area contributed by atoms with Gasteiger partial charge in [0.25, 0.3) is 29.5 Å². The summed E-state index contributed by atoms with van der Waals surface area (Å²) < 4.78 is 104. The summed E-state index contributed by atoms with van der Waals surface area (Å²) in [5.41, 5.74) is 8.45. The van der Waals surface area contributed by atoms with Gasteiger partial charge in [-0.25, -0.2) is 26.3 Å². The zero-order chi connectivity index (χ0) is 102. The number of rotatable bonds is 39. The molecule has 0 fully saturated rings. The van der Waals surface area contributed by atoms with Gasteiger partial charge in [-0.05, 0) is 244 Å². The van der Waals surface area contributed by atoms with Crippen molar-refractivity contribution in [1.29, 1.82) is 0 Å². The Bertz CT molecular complexity index is 6870. The van der Waals surface area contributed by atoms with Crippen molar-refractivity contribution < 1.29 is 93.2 Å². The molecule has 15 aromatic carbocycles. The minimum absolute atomic E-state index is 0.0398. The molecule has 734 valence electrons. The first-order valence-electron chi connectivity index (χ1n) is 46.5. The summed E-state index contributed by atoms with van der Waals surface area (Å²) >= 11 is 0. The number of ketones is 5. The highest BCUT2D eigenvalue weighted by atomic mass is 19.1. The van der Waals surface area contributed by atoms with Crippen molar-refractivity contribution in [1.82, 2.24) is 0 Å². The van der Waals surface area contributed by atoms with Crippen LogP contribution in [0.3, 0.4) is 0 Å². The van der Waals surface area contributed by atoms with Crippen molar-refractivity contribution in [2.45, 2.75) is 96.3 Å². The lowest BCUT2D eigenvalue weighted by Crippen LogP contribution is -2.17. The molecule has 0 aromatic heterocycles. The first-order chi connectivity index (χ1) is 69.9. The van der Waals surface area contributed by atoms with E-state index in [0.29, 0.717) is 126 Å². The van der Waals surface area contributed by atoms with Crippen LogP contribution in [0.5, 0.6) is 23.0 Å². The largest absolute Gasteiger partial charge is 0.497 e. The molecule has 25 heteroatoms. The number of hydrogen-bond acceptors (Lipinski definition) is 14. The highest BCUT2D eigenvalue weighted by molar-refractivity contribution is 6.14. The van der Waals surface area contributed by atoms with E-state index in [0.717, 1.165) is 55.0 Å². The Labute approximate surface area is 832 Å². The average Bonchev–Trinajstić information content (AvgIpc) is 0.807. The number of halogens is 6. The number of aryl methyl sites for hydroxylation is 5. The van der Waals surface area contributed by atoms with E-state index in [-0.39, 0.29) is 75.2 Å². The first-order valence-corrected chi connectivity index (χ1v) is 46.5. The fraction of sp³-hybridized carbons (Fsp3) is 0.160. The highest BCUT2D eigenvalue weighted by Crippen LogP contribution is 2.35. The van der Waals surface area contributed by atoms with Gasteiger partial charge in [-0.3, -0.25) is 47.9 Å². The standard InChI is InChI=1S/4C24H22FNO3.C23H19F2NO2/c1-29-22-15-7-13-20(21(27)14-5-10-17-8-3-2-4-9-17)23(22)26-24(28)18-11-6-12-19(25)16-18;1-29-19-15-13-18(14-16-19)24(28)26-21-11-6-10-20(25)23(21)22(27)12-5-9-17-7-3-2-4-8-17;1-29-22-12-6-10-20(21(27)11-5-9-17-7-3-2-4-8-17)23(22)26-24(28)18-13-15-19(25)16-14-18;1-29-18-14-15-19(21(25)16-18)24(28)26-22-12-6-5-11-20(22)23(27)13-7-10-17-8-3-2-4-9-17;24-18-12-5-4-11-17(18)23(28)26-20-14-7-13-19(25)22(20)21(27)15-6-10-16-8-2-1-3-9-16/h2-4,6-9,11-13,15-16H,5,10,14H2,1H3,(H,26,28);2-4,6-8,10-11,13-16H,5,9,12H2,1H3,(H,26,28);2-4,6-8,10,12-16H,5,9,11H2,1H3,(H,26,28);2-6,8-9,11-12,14-16H,7,10,13H2,1H3,(H,26,28);1-5,7-9,11-14H,6,10,15H2,(H,26,28). The van der Waals surface area contributed by atoms with Crippen LogP contribution in [0.1, 0.15) is 196 Å². The number of Topliss-reactive ketones (excluding diaryl/α,β-unsaturated/α-hetero) is 5. The highest BCUT2D eigenvalue weighted by Gasteiger charge is 2.26. The quantitative estimate of drug-likeness (QED) is 0.0177. The molecule has 0 saturated heterocycles. The Balaban J connectivity index is 0.000000172. The lowest BCUT2D eigenvalue weighted by Gasteiger charge is -2.14. The molecule has 15 rings (SSSR count). The molecule has 15 aromatic rings. The monoisotopic (exact) mass is 1940 g/mol. The molecular weight excluding hydrogens is 1840 g/mol. The van der Waals surface area contributed by atoms with Gasteiger partial charge in [-0.15, -0.1) is 0 Å². The average molecular weight is 1950 g/mol. The fourth-order valence-electron chi connectivity index (χ4n) is 15.3. The zero-order valence-electron chi connectivity index (χ0n) is 79.7. The number of amides is 5. The Morgan fingerprint density at radius 1 is 0.222 bits per heavy atom. The van der Waals surface area contributed by atoms with Crippen LogP contribution in [0.2, 0.25) is 0 Å². The molecule has 0 aliphatic heterocycles. The number of hydrogen-bond donors (Lipinski definition) is 5. The molecule has 0 aliphatic carbocycles. The maximum atomic E-state index is 14.4. The number of para-hydroxylation sites is 3. The Hall–Kier alpha value is -17.2. The molecule has 19 nitrogen and oxygen atoms in total. The van der Waals surface area contributed by atoms with Crippen LogP contribution < -0.4 is 45.5 Å². The van der Waals surface area contributed by atoms with Crippen molar-refractivity contribution in [2.24, 2.45) is 0 Å². The van der Waals surface area contributed by atoms with E-state index in [2.05, 4.69) is 26.6 Å². The van der Waals surface area contributed by atoms with Gasteiger partial charge in [0, 0.05) is 71.6 Å². The van der Waals surface area contributed by atoms with Crippen molar-refractivity contribution in [3.05, 3.63) is 482 Å². The molecular formula is C119H107F6N5O14. The van der Waals surface area contributed by atoms with E-state index in [1.807, 2.05) is 152 Å². The van der Waals surface area contributed by atoms with E-state index in [9.17, 15) is 74.3 Å². The minimum atomic E-state index is -0.734. The van der Waals surface area contributed by atoms with Gasteiger partial charge < -0.3 is 45.5 Å². The van der Waals surface area contributed by atoms with Gasteiger partial charge in [0.15, 0.2) is 28.9 Å². The van der Waals surface area contributed by atoms with Gasteiger partial charge in [-0.2, -0.15) is 0 Å². The predicted molar refractivity (Wildman–Crippen MR) is 549 cm³/mol. The van der Waals surface area contributed by atoms with Gasteiger partial charge in [0.1, 0.15) is 57.9 Å². The second kappa shape index (κ2) is 56.1. The third kappa shape index (κ3) is 32.7. The third-order valence-corrected chi connectivity index (χ3v) is 22.8.